The predicted molar refractivity (Wildman–Crippen MR) is 61.9 cm³/mol. The van der Waals surface area contributed by atoms with Gasteiger partial charge < -0.3 is 5.73 Å². The number of hydrogen-bond acceptors (Lipinski definition) is 4. The maximum absolute atomic E-state index is 5.86. The van der Waals surface area contributed by atoms with Crippen LogP contribution < -0.4 is 5.73 Å². The van der Waals surface area contributed by atoms with Gasteiger partial charge in [0.1, 0.15) is 0 Å². The summed E-state index contributed by atoms with van der Waals surface area (Å²) in [6.07, 6.45) is 6.35. The number of nitrogens with zero attached hydrogens (tertiary/aromatic N) is 3. The molecule has 5 heteroatoms. The summed E-state index contributed by atoms with van der Waals surface area (Å²) in [5.41, 5.74) is 6.89. The van der Waals surface area contributed by atoms with E-state index in [0.29, 0.717) is 12.1 Å². The molecule has 1 aliphatic rings. The molecular formula is C10H17ClN4. The second kappa shape index (κ2) is 5.39. The highest BCUT2D eigenvalue weighted by Gasteiger charge is 2.24. The molecule has 0 radical (unpaired) electrons. The molecule has 1 fully saturated rings. The second-order valence-electron chi connectivity index (χ2n) is 3.85. The molecule has 84 valence electrons. The van der Waals surface area contributed by atoms with Crippen molar-refractivity contribution in [2.75, 3.05) is 13.1 Å². The van der Waals surface area contributed by atoms with Gasteiger partial charge >= 0.3 is 0 Å². The van der Waals surface area contributed by atoms with E-state index in [0.717, 1.165) is 25.2 Å². The van der Waals surface area contributed by atoms with Crippen LogP contribution in [0.5, 0.6) is 0 Å². The lowest BCUT2D eigenvalue weighted by atomic mass is 10.2. The zero-order valence-electron chi connectivity index (χ0n) is 8.84. The third-order valence-corrected chi connectivity index (χ3v) is 2.82. The van der Waals surface area contributed by atoms with Crippen LogP contribution in [0.25, 0.3) is 0 Å². The minimum atomic E-state index is 0. The summed E-state index contributed by atoms with van der Waals surface area (Å²) in [5.74, 6) is 0. The van der Waals surface area contributed by atoms with Crippen molar-refractivity contribution in [3.05, 3.63) is 24.3 Å². The Bertz CT molecular complexity index is 293. The Morgan fingerprint density at radius 3 is 2.87 bits per heavy atom. The molecule has 1 aromatic heterocycles. The van der Waals surface area contributed by atoms with Gasteiger partial charge in [0.15, 0.2) is 0 Å². The Labute approximate surface area is 96.3 Å². The molecule has 1 aliphatic heterocycles. The van der Waals surface area contributed by atoms with Gasteiger partial charge in [-0.1, -0.05) is 0 Å². The Hall–Kier alpha value is -0.710. The third kappa shape index (κ3) is 2.87. The van der Waals surface area contributed by atoms with Crippen LogP contribution in [0.4, 0.5) is 0 Å². The van der Waals surface area contributed by atoms with Gasteiger partial charge in [-0.3, -0.25) is 14.9 Å². The lowest BCUT2D eigenvalue weighted by Gasteiger charge is -2.22. The molecule has 0 amide bonds. The first-order chi connectivity index (χ1) is 6.77. The fraction of sp³-hybridized carbons (Fsp3) is 0.600. The molecule has 0 spiro atoms. The lowest BCUT2D eigenvalue weighted by Crippen LogP contribution is -2.29. The fourth-order valence-electron chi connectivity index (χ4n) is 1.88. The van der Waals surface area contributed by atoms with Crippen molar-refractivity contribution >= 4 is 12.4 Å². The molecule has 0 aliphatic carbocycles. The molecule has 2 atom stereocenters. The van der Waals surface area contributed by atoms with E-state index in [-0.39, 0.29) is 12.4 Å². The summed E-state index contributed by atoms with van der Waals surface area (Å²) in [4.78, 5) is 10.7. The minimum absolute atomic E-state index is 0. The smallest absolute Gasteiger partial charge is 0.0755 e. The average Bonchev–Trinajstić information content (AvgIpc) is 2.65. The van der Waals surface area contributed by atoms with Crippen LogP contribution in [0.15, 0.2) is 18.6 Å². The van der Waals surface area contributed by atoms with Crippen LogP contribution in [-0.4, -0.2) is 34.0 Å². The molecule has 2 N–H and O–H groups in total. The van der Waals surface area contributed by atoms with E-state index in [2.05, 4.69) is 21.8 Å². The normalized spacial score (nSPS) is 23.5. The van der Waals surface area contributed by atoms with Crippen molar-refractivity contribution in [1.29, 1.82) is 0 Å². The van der Waals surface area contributed by atoms with Crippen LogP contribution in [0.2, 0.25) is 0 Å². The van der Waals surface area contributed by atoms with Crippen LogP contribution >= 0.6 is 12.4 Å². The summed E-state index contributed by atoms with van der Waals surface area (Å²) < 4.78 is 0. The van der Waals surface area contributed by atoms with Crippen molar-refractivity contribution in [3.63, 3.8) is 0 Å². The highest BCUT2D eigenvalue weighted by atomic mass is 35.5. The molecule has 0 aromatic carbocycles. The topological polar surface area (TPSA) is 55.0 Å². The number of rotatable bonds is 2. The van der Waals surface area contributed by atoms with Gasteiger partial charge in [-0.05, 0) is 13.3 Å². The van der Waals surface area contributed by atoms with Crippen molar-refractivity contribution in [1.82, 2.24) is 14.9 Å². The van der Waals surface area contributed by atoms with Crippen LogP contribution in [0, 0.1) is 0 Å². The Balaban J connectivity index is 0.00000112. The monoisotopic (exact) mass is 228 g/mol. The van der Waals surface area contributed by atoms with Crippen molar-refractivity contribution in [2.45, 2.75) is 25.4 Å². The zero-order chi connectivity index (χ0) is 9.97. The maximum Gasteiger partial charge on any atom is 0.0755 e. The van der Waals surface area contributed by atoms with Crippen LogP contribution in [0.3, 0.4) is 0 Å². The number of likely N-dealkylation sites (tertiary alicyclic amines) is 1. The minimum Gasteiger partial charge on any atom is -0.326 e. The van der Waals surface area contributed by atoms with Crippen molar-refractivity contribution in [2.24, 2.45) is 5.73 Å². The summed E-state index contributed by atoms with van der Waals surface area (Å²) in [6, 6.07) is 0.659. The Morgan fingerprint density at radius 1 is 1.53 bits per heavy atom. The number of hydrogen-bond donors (Lipinski definition) is 1. The molecular weight excluding hydrogens is 212 g/mol. The average molecular weight is 229 g/mol. The van der Waals surface area contributed by atoms with Gasteiger partial charge in [0.05, 0.1) is 11.7 Å². The molecule has 1 aromatic rings. The van der Waals surface area contributed by atoms with Gasteiger partial charge in [0.25, 0.3) is 0 Å². The standard InChI is InChI=1S/C10H16N4.ClH/c1-8(10-6-12-3-4-13-10)14-5-2-9(11)7-14;/h3-4,6,8-9H,2,5,7,11H2,1H3;1H/t8?,9-;/m0./s1. The van der Waals surface area contributed by atoms with Gasteiger partial charge in [-0.25, -0.2) is 0 Å². The maximum atomic E-state index is 5.86. The quantitative estimate of drug-likeness (QED) is 0.821. The summed E-state index contributed by atoms with van der Waals surface area (Å²) in [7, 11) is 0. The molecule has 1 saturated heterocycles. The SMILES string of the molecule is CC(c1cnccn1)N1CC[C@H](N)C1.Cl. The van der Waals surface area contributed by atoms with Crippen molar-refractivity contribution < 1.29 is 0 Å². The predicted octanol–water partition coefficient (Wildman–Crippen LogP) is 0.992. The zero-order valence-corrected chi connectivity index (χ0v) is 9.65. The van der Waals surface area contributed by atoms with E-state index >= 15 is 0 Å². The van der Waals surface area contributed by atoms with Gasteiger partial charge in [0, 0.05) is 37.7 Å². The van der Waals surface area contributed by atoms with E-state index in [9.17, 15) is 0 Å². The van der Waals surface area contributed by atoms with E-state index in [1.165, 1.54) is 0 Å². The van der Waals surface area contributed by atoms with Gasteiger partial charge in [0.2, 0.25) is 0 Å². The molecule has 0 bridgehead atoms. The first-order valence-corrected chi connectivity index (χ1v) is 5.03. The third-order valence-electron chi connectivity index (χ3n) is 2.82. The number of nitrogens with two attached hydrogens (primary N) is 1. The molecule has 2 rings (SSSR count). The van der Waals surface area contributed by atoms with Crippen molar-refractivity contribution in [3.8, 4) is 0 Å². The highest BCUT2D eigenvalue weighted by molar-refractivity contribution is 5.85. The molecule has 15 heavy (non-hydrogen) atoms. The van der Waals surface area contributed by atoms with E-state index < -0.39 is 0 Å². The summed E-state index contributed by atoms with van der Waals surface area (Å²) in [6.45, 7) is 4.19. The van der Waals surface area contributed by atoms with E-state index in [1.54, 1.807) is 12.4 Å². The molecule has 0 saturated carbocycles. The van der Waals surface area contributed by atoms with E-state index in [4.69, 9.17) is 5.73 Å². The molecule has 1 unspecified atom stereocenters. The Kier molecular flexibility index (Phi) is 4.45. The van der Waals surface area contributed by atoms with Gasteiger partial charge in [-0.2, -0.15) is 0 Å². The van der Waals surface area contributed by atoms with Crippen LogP contribution in [0.1, 0.15) is 25.1 Å². The van der Waals surface area contributed by atoms with E-state index in [1.807, 2.05) is 6.20 Å². The first kappa shape index (κ1) is 12.4. The number of aromatic nitrogens is 2. The summed E-state index contributed by atoms with van der Waals surface area (Å²) >= 11 is 0. The highest BCUT2D eigenvalue weighted by Crippen LogP contribution is 2.21. The van der Waals surface area contributed by atoms with Gasteiger partial charge in [-0.15, -0.1) is 12.4 Å². The lowest BCUT2D eigenvalue weighted by molar-refractivity contribution is 0.255. The van der Waals surface area contributed by atoms with Crippen LogP contribution in [-0.2, 0) is 0 Å². The molecule has 2 heterocycles. The Morgan fingerprint density at radius 2 is 2.33 bits per heavy atom. The largest absolute Gasteiger partial charge is 0.326 e. The first-order valence-electron chi connectivity index (χ1n) is 5.03. The number of halogens is 1. The summed E-state index contributed by atoms with van der Waals surface area (Å²) in [5, 5.41) is 0. The fourth-order valence-corrected chi connectivity index (χ4v) is 1.88. The second-order valence-corrected chi connectivity index (χ2v) is 3.85. The molecule has 4 nitrogen and oxygen atoms in total.